The maximum atomic E-state index is 13.6. The van der Waals surface area contributed by atoms with Crippen molar-refractivity contribution in [3.8, 4) is 0 Å². The predicted molar refractivity (Wildman–Crippen MR) is 135 cm³/mol. The van der Waals surface area contributed by atoms with E-state index in [0.717, 1.165) is 28.4 Å². The second-order valence-electron chi connectivity index (χ2n) is 7.77. The van der Waals surface area contributed by atoms with Gasteiger partial charge < -0.3 is 4.74 Å². The van der Waals surface area contributed by atoms with Gasteiger partial charge in [-0.3, -0.25) is 14.6 Å². The highest BCUT2D eigenvalue weighted by atomic mass is 32.2. The van der Waals surface area contributed by atoms with E-state index in [0.29, 0.717) is 42.5 Å². The van der Waals surface area contributed by atoms with Crippen LogP contribution in [0.2, 0.25) is 0 Å². The summed E-state index contributed by atoms with van der Waals surface area (Å²) >= 11 is 3.04. The molecule has 1 aliphatic rings. The van der Waals surface area contributed by atoms with Crippen LogP contribution in [0.4, 0.5) is 5.13 Å². The first-order chi connectivity index (χ1) is 15.8. The van der Waals surface area contributed by atoms with Gasteiger partial charge in [-0.15, -0.1) is 11.8 Å². The molecular formula is C23H27N3O4S3. The SMILES string of the molecule is CCSc1cccc(C(=O)N(CCN2CCOCC2)c2nc3ccc(S(C)(=O)=O)cc3s2)c1. The smallest absolute Gasteiger partial charge is 0.260 e. The summed E-state index contributed by atoms with van der Waals surface area (Å²) in [6, 6.07) is 12.6. The molecule has 1 fully saturated rings. The van der Waals surface area contributed by atoms with E-state index in [1.165, 1.54) is 17.6 Å². The Labute approximate surface area is 202 Å². The molecule has 0 atom stereocenters. The number of anilines is 1. The fourth-order valence-corrected chi connectivity index (χ4v) is 6.10. The van der Waals surface area contributed by atoms with E-state index >= 15 is 0 Å². The molecule has 1 aromatic heterocycles. The quantitative estimate of drug-likeness (QED) is 0.431. The lowest BCUT2D eigenvalue weighted by molar-refractivity contribution is 0.0391. The number of hydrogen-bond acceptors (Lipinski definition) is 8. The first kappa shape index (κ1) is 24.2. The fraction of sp³-hybridized carbons (Fsp3) is 0.391. The van der Waals surface area contributed by atoms with Gasteiger partial charge in [-0.2, -0.15) is 0 Å². The maximum absolute atomic E-state index is 13.6. The number of carbonyl (C=O) groups excluding carboxylic acids is 1. The van der Waals surface area contributed by atoms with Gasteiger partial charge in [-0.05, 0) is 42.2 Å². The third kappa shape index (κ3) is 5.93. The summed E-state index contributed by atoms with van der Waals surface area (Å²) in [6.45, 7) is 6.34. The largest absolute Gasteiger partial charge is 0.379 e. The Hall–Kier alpha value is -1.98. The number of aromatic nitrogens is 1. The Balaban J connectivity index is 1.67. The fourth-order valence-electron chi connectivity index (χ4n) is 3.63. The van der Waals surface area contributed by atoms with Crippen LogP contribution in [0.5, 0.6) is 0 Å². The molecule has 0 bridgehead atoms. The molecule has 1 aliphatic heterocycles. The maximum Gasteiger partial charge on any atom is 0.260 e. The Morgan fingerprint density at radius 3 is 2.73 bits per heavy atom. The van der Waals surface area contributed by atoms with Crippen molar-refractivity contribution >= 4 is 54.2 Å². The van der Waals surface area contributed by atoms with Crippen molar-refractivity contribution in [2.45, 2.75) is 16.7 Å². The van der Waals surface area contributed by atoms with E-state index in [-0.39, 0.29) is 10.8 Å². The van der Waals surface area contributed by atoms with Crippen LogP contribution in [0.25, 0.3) is 10.2 Å². The van der Waals surface area contributed by atoms with Crippen LogP contribution < -0.4 is 4.90 Å². The molecule has 1 saturated heterocycles. The second kappa shape index (κ2) is 10.5. The molecule has 0 aliphatic carbocycles. The summed E-state index contributed by atoms with van der Waals surface area (Å²) in [4.78, 5) is 23.6. The van der Waals surface area contributed by atoms with Crippen molar-refractivity contribution in [3.05, 3.63) is 48.0 Å². The van der Waals surface area contributed by atoms with Gasteiger partial charge in [0, 0.05) is 42.9 Å². The first-order valence-electron chi connectivity index (χ1n) is 10.8. The molecule has 4 rings (SSSR count). The van der Waals surface area contributed by atoms with Crippen LogP contribution in [-0.2, 0) is 14.6 Å². The number of hydrogen-bond donors (Lipinski definition) is 0. The van der Waals surface area contributed by atoms with Crippen LogP contribution in [0.3, 0.4) is 0 Å². The summed E-state index contributed by atoms with van der Waals surface area (Å²) in [5.74, 6) is 0.822. The average Bonchev–Trinajstić information content (AvgIpc) is 3.23. The molecule has 0 spiro atoms. The van der Waals surface area contributed by atoms with Crippen LogP contribution in [0.15, 0.2) is 52.3 Å². The van der Waals surface area contributed by atoms with E-state index in [1.54, 1.807) is 34.9 Å². The number of thioether (sulfide) groups is 1. The molecule has 2 heterocycles. The third-order valence-electron chi connectivity index (χ3n) is 5.39. The highest BCUT2D eigenvalue weighted by Gasteiger charge is 2.23. The van der Waals surface area contributed by atoms with Crippen molar-refractivity contribution < 1.29 is 17.9 Å². The lowest BCUT2D eigenvalue weighted by Gasteiger charge is -2.29. The zero-order valence-electron chi connectivity index (χ0n) is 18.7. The lowest BCUT2D eigenvalue weighted by atomic mass is 10.2. The minimum Gasteiger partial charge on any atom is -0.379 e. The highest BCUT2D eigenvalue weighted by molar-refractivity contribution is 7.99. The number of thiazole rings is 1. The van der Waals surface area contributed by atoms with Crippen LogP contribution in [0, 0.1) is 0 Å². The Bertz CT molecular complexity index is 1240. The van der Waals surface area contributed by atoms with Gasteiger partial charge in [0.1, 0.15) is 0 Å². The van der Waals surface area contributed by atoms with E-state index in [1.807, 2.05) is 24.3 Å². The van der Waals surface area contributed by atoms with Crippen molar-refractivity contribution in [1.29, 1.82) is 0 Å². The first-order valence-corrected chi connectivity index (χ1v) is 14.5. The van der Waals surface area contributed by atoms with Crippen LogP contribution >= 0.6 is 23.1 Å². The molecule has 1 amide bonds. The molecule has 7 nitrogen and oxygen atoms in total. The van der Waals surface area contributed by atoms with Crippen LogP contribution in [0.1, 0.15) is 17.3 Å². The van der Waals surface area contributed by atoms with E-state index < -0.39 is 9.84 Å². The summed E-state index contributed by atoms with van der Waals surface area (Å²) in [6.07, 6.45) is 1.19. The number of amides is 1. The minimum absolute atomic E-state index is 0.107. The minimum atomic E-state index is -3.32. The molecule has 0 saturated carbocycles. The van der Waals surface area contributed by atoms with Gasteiger partial charge in [0.05, 0.1) is 28.3 Å². The Morgan fingerprint density at radius 1 is 1.21 bits per heavy atom. The number of rotatable bonds is 8. The summed E-state index contributed by atoms with van der Waals surface area (Å²) in [7, 11) is -3.32. The molecule has 3 aromatic rings. The van der Waals surface area contributed by atoms with E-state index in [4.69, 9.17) is 4.74 Å². The van der Waals surface area contributed by atoms with Crippen molar-refractivity contribution in [2.24, 2.45) is 0 Å². The number of sulfone groups is 1. The summed E-state index contributed by atoms with van der Waals surface area (Å²) < 4.78 is 30.1. The highest BCUT2D eigenvalue weighted by Crippen LogP contribution is 2.32. The number of carbonyl (C=O) groups is 1. The molecule has 10 heteroatoms. The zero-order chi connectivity index (χ0) is 23.4. The number of ether oxygens (including phenoxy) is 1. The Kier molecular flexibility index (Phi) is 7.70. The molecule has 176 valence electrons. The molecule has 0 radical (unpaired) electrons. The number of fused-ring (bicyclic) bond motifs is 1. The van der Waals surface area contributed by atoms with E-state index in [2.05, 4.69) is 16.8 Å². The normalized spacial score (nSPS) is 15.1. The van der Waals surface area contributed by atoms with Gasteiger partial charge in [-0.1, -0.05) is 24.3 Å². The van der Waals surface area contributed by atoms with Gasteiger partial charge in [-0.25, -0.2) is 13.4 Å². The summed E-state index contributed by atoms with van der Waals surface area (Å²) in [5.41, 5.74) is 1.30. The lowest BCUT2D eigenvalue weighted by Crippen LogP contribution is -2.43. The zero-order valence-corrected chi connectivity index (χ0v) is 21.1. The molecular weight excluding hydrogens is 478 g/mol. The standard InChI is InChI=1S/C23H27N3O4S3/c1-3-31-18-6-4-5-17(15-18)22(27)26(10-9-25-11-13-30-14-12-25)23-24-20-8-7-19(33(2,28)29)16-21(20)32-23/h4-8,15-16H,3,9-14H2,1-2H3. The predicted octanol–water partition coefficient (Wildman–Crippen LogP) is 3.79. The number of morpholine rings is 1. The second-order valence-corrected chi connectivity index (χ2v) is 12.1. The van der Waals surface area contributed by atoms with Crippen LogP contribution in [-0.4, -0.2) is 75.6 Å². The summed E-state index contributed by atoms with van der Waals surface area (Å²) in [5, 5.41) is 0.572. The van der Waals surface area contributed by atoms with Crippen molar-refractivity contribution in [2.75, 3.05) is 56.3 Å². The van der Waals surface area contributed by atoms with E-state index in [9.17, 15) is 13.2 Å². The van der Waals surface area contributed by atoms with Crippen molar-refractivity contribution in [1.82, 2.24) is 9.88 Å². The monoisotopic (exact) mass is 505 g/mol. The molecule has 0 unspecified atom stereocenters. The molecule has 0 N–H and O–H groups in total. The van der Waals surface area contributed by atoms with Crippen molar-refractivity contribution in [3.63, 3.8) is 0 Å². The van der Waals surface area contributed by atoms with Gasteiger partial charge in [0.15, 0.2) is 15.0 Å². The van der Waals surface area contributed by atoms with Gasteiger partial charge in [0.2, 0.25) is 0 Å². The topological polar surface area (TPSA) is 79.8 Å². The van der Waals surface area contributed by atoms with Gasteiger partial charge >= 0.3 is 0 Å². The number of nitrogens with zero attached hydrogens (tertiary/aromatic N) is 3. The van der Waals surface area contributed by atoms with Gasteiger partial charge in [0.25, 0.3) is 5.91 Å². The molecule has 33 heavy (non-hydrogen) atoms. The number of benzene rings is 2. The molecule has 2 aromatic carbocycles. The Morgan fingerprint density at radius 2 is 2.00 bits per heavy atom. The average molecular weight is 506 g/mol. The third-order valence-corrected chi connectivity index (χ3v) is 8.42.